The van der Waals surface area contributed by atoms with Gasteiger partial charge in [-0.3, -0.25) is 9.59 Å². The third kappa shape index (κ3) is 4.40. The van der Waals surface area contributed by atoms with Crippen LogP contribution in [0.5, 0.6) is 0 Å². The molecule has 10 heavy (non-hydrogen) atoms. The van der Waals surface area contributed by atoms with Crippen LogP contribution in [-0.4, -0.2) is 16.7 Å². The Bertz CT molecular complexity index is 147. The van der Waals surface area contributed by atoms with Gasteiger partial charge in [0.2, 0.25) is 0 Å². The number of nitrogens with one attached hydrogen (secondary N) is 1. The maximum absolute atomic E-state index is 10.4. The van der Waals surface area contributed by atoms with E-state index in [2.05, 4.69) is 4.84 Å². The number of amides is 1. The van der Waals surface area contributed by atoms with Gasteiger partial charge in [-0.05, 0) is 0 Å². The summed E-state index contributed by atoms with van der Waals surface area (Å²) in [5.41, 5.74) is 1.73. The SMILES string of the molecule is CC(=O)ONC(=O)C(Cl)Cl. The highest BCUT2D eigenvalue weighted by Crippen LogP contribution is 1.99. The standard InChI is InChI=1S/C4H5Cl2NO3/c1-2(8)10-7-4(9)3(5)6/h3H,1H3,(H,7,9). The molecule has 0 saturated carbocycles. The summed E-state index contributed by atoms with van der Waals surface area (Å²) >= 11 is 10.1. The van der Waals surface area contributed by atoms with E-state index in [0.717, 1.165) is 6.92 Å². The van der Waals surface area contributed by atoms with Crippen molar-refractivity contribution >= 4 is 35.1 Å². The Morgan fingerprint density at radius 1 is 1.50 bits per heavy atom. The van der Waals surface area contributed by atoms with Crippen molar-refractivity contribution in [1.29, 1.82) is 0 Å². The van der Waals surface area contributed by atoms with Crippen molar-refractivity contribution in [2.75, 3.05) is 0 Å². The molecule has 0 aliphatic carbocycles. The van der Waals surface area contributed by atoms with E-state index in [0.29, 0.717) is 0 Å². The molecule has 58 valence electrons. The van der Waals surface area contributed by atoms with Crippen LogP contribution in [0.3, 0.4) is 0 Å². The van der Waals surface area contributed by atoms with Gasteiger partial charge in [-0.25, -0.2) is 0 Å². The lowest BCUT2D eigenvalue weighted by Gasteiger charge is -2.01. The fraction of sp³-hybridized carbons (Fsp3) is 0.500. The lowest BCUT2D eigenvalue weighted by atomic mass is 10.7. The summed E-state index contributed by atoms with van der Waals surface area (Å²) < 4.78 is 0. The molecule has 1 amide bonds. The largest absolute Gasteiger partial charge is 0.341 e. The highest BCUT2D eigenvalue weighted by molar-refractivity contribution is 6.53. The molecule has 4 nitrogen and oxygen atoms in total. The zero-order valence-corrected chi connectivity index (χ0v) is 6.57. The second-order valence-corrected chi connectivity index (χ2v) is 2.46. The molecule has 0 bridgehead atoms. The summed E-state index contributed by atoms with van der Waals surface area (Å²) in [6.45, 7) is 1.14. The van der Waals surface area contributed by atoms with E-state index in [1.165, 1.54) is 0 Å². The molecule has 0 aromatic rings. The third-order valence-electron chi connectivity index (χ3n) is 0.494. The van der Waals surface area contributed by atoms with Gasteiger partial charge in [-0.2, -0.15) is 5.48 Å². The van der Waals surface area contributed by atoms with E-state index < -0.39 is 16.7 Å². The Hall–Kier alpha value is -0.480. The van der Waals surface area contributed by atoms with Gasteiger partial charge in [0.05, 0.1) is 0 Å². The van der Waals surface area contributed by atoms with Gasteiger partial charge in [0.1, 0.15) is 0 Å². The predicted molar refractivity (Wildman–Crippen MR) is 35.4 cm³/mol. The predicted octanol–water partition coefficient (Wildman–Crippen LogP) is 0.384. The third-order valence-corrected chi connectivity index (χ3v) is 0.890. The second kappa shape index (κ2) is 4.35. The number of carbonyl (C=O) groups excluding carboxylic acids is 2. The maximum atomic E-state index is 10.4. The minimum absolute atomic E-state index is 0.637. The minimum atomic E-state index is -1.22. The van der Waals surface area contributed by atoms with Crippen molar-refractivity contribution in [2.45, 2.75) is 11.8 Å². The molecule has 0 fully saturated rings. The average molecular weight is 186 g/mol. The van der Waals surface area contributed by atoms with E-state index in [-0.39, 0.29) is 0 Å². The molecule has 0 rings (SSSR count). The van der Waals surface area contributed by atoms with Gasteiger partial charge in [-0.1, -0.05) is 23.2 Å². The maximum Gasteiger partial charge on any atom is 0.329 e. The van der Waals surface area contributed by atoms with Gasteiger partial charge in [0.25, 0.3) is 5.91 Å². The summed E-state index contributed by atoms with van der Waals surface area (Å²) in [5.74, 6) is -1.40. The lowest BCUT2D eigenvalue weighted by molar-refractivity contribution is -0.155. The van der Waals surface area contributed by atoms with Gasteiger partial charge in [-0.15, -0.1) is 0 Å². The zero-order chi connectivity index (χ0) is 8.15. The molecule has 0 saturated heterocycles. The summed E-state index contributed by atoms with van der Waals surface area (Å²) in [5, 5.41) is 0. The van der Waals surface area contributed by atoms with Crippen molar-refractivity contribution in [3.63, 3.8) is 0 Å². The topological polar surface area (TPSA) is 55.4 Å². The molecule has 0 radical (unpaired) electrons. The first-order chi connectivity index (χ1) is 4.54. The molecule has 0 aromatic carbocycles. The lowest BCUT2D eigenvalue weighted by Crippen LogP contribution is -2.30. The van der Waals surface area contributed by atoms with E-state index in [1.54, 1.807) is 5.48 Å². The summed E-state index contributed by atoms with van der Waals surface area (Å²) in [7, 11) is 0. The molecule has 6 heteroatoms. The number of halogens is 2. The number of rotatable bonds is 1. The molecule has 0 aliphatic heterocycles. The number of alkyl halides is 2. The smallest absolute Gasteiger partial charge is 0.329 e. The molecule has 1 N–H and O–H groups in total. The van der Waals surface area contributed by atoms with E-state index >= 15 is 0 Å². The van der Waals surface area contributed by atoms with Crippen molar-refractivity contribution in [2.24, 2.45) is 0 Å². The molecular weight excluding hydrogens is 181 g/mol. The molecule has 0 aliphatic rings. The Kier molecular flexibility index (Phi) is 4.14. The van der Waals surface area contributed by atoms with Gasteiger partial charge in [0, 0.05) is 6.92 Å². The Balaban J connectivity index is 3.50. The van der Waals surface area contributed by atoms with Gasteiger partial charge < -0.3 is 4.84 Å². The molecular formula is C4H5Cl2NO3. The van der Waals surface area contributed by atoms with Crippen LogP contribution in [0.4, 0.5) is 0 Å². The van der Waals surface area contributed by atoms with Crippen molar-refractivity contribution in [1.82, 2.24) is 5.48 Å². The van der Waals surface area contributed by atoms with Crippen LogP contribution in [0.1, 0.15) is 6.92 Å². The van der Waals surface area contributed by atoms with E-state index in [1.807, 2.05) is 0 Å². The Morgan fingerprint density at radius 2 is 2.00 bits per heavy atom. The summed E-state index contributed by atoms with van der Waals surface area (Å²) in [6, 6.07) is 0. The first-order valence-electron chi connectivity index (χ1n) is 2.29. The fourth-order valence-corrected chi connectivity index (χ4v) is 0.256. The van der Waals surface area contributed by atoms with Crippen LogP contribution < -0.4 is 5.48 Å². The van der Waals surface area contributed by atoms with Crippen LogP contribution >= 0.6 is 23.2 Å². The average Bonchev–Trinajstić information content (AvgIpc) is 1.82. The van der Waals surface area contributed by atoms with Crippen LogP contribution in [0.15, 0.2) is 0 Å². The van der Waals surface area contributed by atoms with Crippen molar-refractivity contribution in [3.05, 3.63) is 0 Å². The molecule has 0 spiro atoms. The van der Waals surface area contributed by atoms with Crippen molar-refractivity contribution < 1.29 is 14.4 Å². The molecule has 0 heterocycles. The number of hydrogen-bond donors (Lipinski definition) is 1. The molecule has 0 atom stereocenters. The highest BCUT2D eigenvalue weighted by Gasteiger charge is 2.11. The molecule has 0 unspecified atom stereocenters. The highest BCUT2D eigenvalue weighted by atomic mass is 35.5. The second-order valence-electron chi connectivity index (χ2n) is 1.36. The zero-order valence-electron chi connectivity index (χ0n) is 5.06. The number of hydroxylamine groups is 1. The number of carbonyl (C=O) groups is 2. The summed E-state index contributed by atoms with van der Waals surface area (Å²) in [6.07, 6.45) is 0. The number of hydrogen-bond acceptors (Lipinski definition) is 3. The first kappa shape index (κ1) is 9.52. The van der Waals surface area contributed by atoms with E-state index in [9.17, 15) is 9.59 Å². The first-order valence-corrected chi connectivity index (χ1v) is 3.16. The summed E-state index contributed by atoms with van der Waals surface area (Å²) in [4.78, 5) is 23.3. The minimum Gasteiger partial charge on any atom is -0.341 e. The van der Waals surface area contributed by atoms with Crippen LogP contribution in [0.25, 0.3) is 0 Å². The van der Waals surface area contributed by atoms with Gasteiger partial charge in [0.15, 0.2) is 4.84 Å². The van der Waals surface area contributed by atoms with Gasteiger partial charge >= 0.3 is 5.97 Å². The van der Waals surface area contributed by atoms with E-state index in [4.69, 9.17) is 23.2 Å². The van der Waals surface area contributed by atoms with Crippen LogP contribution in [-0.2, 0) is 14.4 Å². The quantitative estimate of drug-likeness (QED) is 0.475. The monoisotopic (exact) mass is 185 g/mol. The molecule has 0 aromatic heterocycles. The van der Waals surface area contributed by atoms with Crippen LogP contribution in [0.2, 0.25) is 0 Å². The van der Waals surface area contributed by atoms with Crippen molar-refractivity contribution in [3.8, 4) is 0 Å². The van der Waals surface area contributed by atoms with Crippen LogP contribution in [0, 0.1) is 0 Å². The Morgan fingerprint density at radius 3 is 2.30 bits per heavy atom. The fourth-order valence-electron chi connectivity index (χ4n) is 0.167. The Labute approximate surface area is 67.4 Å². The normalized spacial score (nSPS) is 9.20.